The van der Waals surface area contributed by atoms with Crippen LogP contribution in [0, 0.1) is 0 Å². The number of hydrogen-bond acceptors (Lipinski definition) is 2. The molecule has 0 bridgehead atoms. The van der Waals surface area contributed by atoms with Gasteiger partial charge in [0.25, 0.3) is 0 Å². The molecule has 1 aliphatic heterocycles. The molecule has 0 radical (unpaired) electrons. The first-order valence-corrected chi connectivity index (χ1v) is 3.65. The van der Waals surface area contributed by atoms with E-state index in [0.29, 0.717) is 0 Å². The normalized spacial score (nSPS) is 23.1. The molecule has 3 heteroatoms. The summed E-state index contributed by atoms with van der Waals surface area (Å²) in [5, 5.41) is 0. The van der Waals surface area contributed by atoms with Crippen molar-refractivity contribution in [2.75, 3.05) is 34.4 Å². The molecule has 0 saturated carbocycles. The van der Waals surface area contributed by atoms with Gasteiger partial charge >= 0.3 is 6.41 Å². The van der Waals surface area contributed by atoms with Gasteiger partial charge in [-0.1, -0.05) is 0 Å². The number of rotatable bonds is 1. The molecule has 0 unspecified atom stereocenters. The fraction of sp³-hybridized carbons (Fsp3) is 1.00. The zero-order valence-corrected chi connectivity index (χ0v) is 6.96. The minimum Gasteiger partial charge on any atom is -0.306 e. The van der Waals surface area contributed by atoms with Gasteiger partial charge in [0, 0.05) is 0 Å². The second-order valence-corrected chi connectivity index (χ2v) is 3.52. The van der Waals surface area contributed by atoms with Crippen molar-refractivity contribution in [1.82, 2.24) is 0 Å². The molecule has 1 heterocycles. The Labute approximate surface area is 62.1 Å². The average Bonchev–Trinajstić information content (AvgIpc) is 1.88. The zero-order chi connectivity index (χ0) is 7.61. The van der Waals surface area contributed by atoms with E-state index in [-0.39, 0.29) is 6.41 Å². The Balaban J connectivity index is 2.39. The highest BCUT2D eigenvalue weighted by Gasteiger charge is 2.27. The molecule has 10 heavy (non-hydrogen) atoms. The molecule has 1 rings (SSSR count). The summed E-state index contributed by atoms with van der Waals surface area (Å²) < 4.78 is 11.5. The van der Waals surface area contributed by atoms with Crippen LogP contribution in [0.25, 0.3) is 0 Å². The second kappa shape index (κ2) is 2.86. The van der Waals surface area contributed by atoms with E-state index in [9.17, 15) is 0 Å². The first-order valence-electron chi connectivity index (χ1n) is 3.65. The van der Waals surface area contributed by atoms with Crippen LogP contribution >= 0.6 is 0 Å². The lowest BCUT2D eigenvalue weighted by Gasteiger charge is -2.34. The quantitative estimate of drug-likeness (QED) is 0.499. The van der Waals surface area contributed by atoms with Gasteiger partial charge in [0.1, 0.15) is 0 Å². The topological polar surface area (TPSA) is 18.5 Å². The summed E-state index contributed by atoms with van der Waals surface area (Å²) in [6, 6.07) is 0. The fourth-order valence-corrected chi connectivity index (χ4v) is 0.923. The van der Waals surface area contributed by atoms with Crippen molar-refractivity contribution in [3.63, 3.8) is 0 Å². The van der Waals surface area contributed by atoms with Gasteiger partial charge in [-0.2, -0.15) is 0 Å². The maximum absolute atomic E-state index is 5.39. The third kappa shape index (κ3) is 1.94. The van der Waals surface area contributed by atoms with Crippen LogP contribution in [0.3, 0.4) is 0 Å². The Hall–Kier alpha value is -0.120. The molecule has 1 aliphatic rings. The summed E-state index contributed by atoms with van der Waals surface area (Å²) in [6.45, 7) is 1.67. The van der Waals surface area contributed by atoms with Crippen molar-refractivity contribution < 1.29 is 14.0 Å². The van der Waals surface area contributed by atoms with Crippen LogP contribution in [0.1, 0.15) is 6.42 Å². The minimum atomic E-state index is -0.0613. The first kappa shape index (κ1) is 7.98. The standard InChI is InChI=1S/C7H16NO2/c1-8(2,3)7-9-5-4-6-10-7/h7H,4-6H2,1-3H3/q+1. The van der Waals surface area contributed by atoms with E-state index in [1.807, 2.05) is 0 Å². The van der Waals surface area contributed by atoms with E-state index < -0.39 is 0 Å². The highest BCUT2D eigenvalue weighted by atomic mass is 16.7. The molecule has 0 aromatic rings. The van der Waals surface area contributed by atoms with Crippen LogP contribution in [0.15, 0.2) is 0 Å². The van der Waals surface area contributed by atoms with E-state index in [4.69, 9.17) is 9.47 Å². The van der Waals surface area contributed by atoms with Crippen molar-refractivity contribution in [3.05, 3.63) is 0 Å². The first-order chi connectivity index (χ1) is 4.61. The largest absolute Gasteiger partial charge is 0.308 e. The third-order valence-electron chi connectivity index (χ3n) is 1.44. The molecule has 1 saturated heterocycles. The number of ether oxygens (including phenoxy) is 2. The van der Waals surface area contributed by atoms with Crippen molar-refractivity contribution >= 4 is 0 Å². The lowest BCUT2D eigenvalue weighted by molar-refractivity contribution is -0.947. The number of nitrogens with zero attached hydrogens (tertiary/aromatic N) is 1. The maximum Gasteiger partial charge on any atom is 0.308 e. The molecular formula is C7H16NO2+. The van der Waals surface area contributed by atoms with Crippen molar-refractivity contribution in [2.45, 2.75) is 12.8 Å². The Kier molecular flexibility index (Phi) is 2.28. The SMILES string of the molecule is C[N+](C)(C)C1OCCCO1. The van der Waals surface area contributed by atoms with E-state index in [2.05, 4.69) is 21.1 Å². The maximum atomic E-state index is 5.39. The predicted octanol–water partition coefficient (Wildman–Crippen LogP) is 0.413. The molecule has 0 aliphatic carbocycles. The number of hydrogen-bond donors (Lipinski definition) is 0. The van der Waals surface area contributed by atoms with Crippen LogP contribution in [0.4, 0.5) is 0 Å². The fourth-order valence-electron chi connectivity index (χ4n) is 0.923. The third-order valence-corrected chi connectivity index (χ3v) is 1.44. The lowest BCUT2D eigenvalue weighted by atomic mass is 10.4. The van der Waals surface area contributed by atoms with Crippen LogP contribution in [-0.4, -0.2) is 45.3 Å². The smallest absolute Gasteiger partial charge is 0.306 e. The summed E-state index contributed by atoms with van der Waals surface area (Å²) >= 11 is 0. The molecular weight excluding hydrogens is 130 g/mol. The van der Waals surface area contributed by atoms with Gasteiger partial charge in [0.05, 0.1) is 34.4 Å². The second-order valence-electron chi connectivity index (χ2n) is 3.52. The van der Waals surface area contributed by atoms with Crippen molar-refractivity contribution in [3.8, 4) is 0 Å². The van der Waals surface area contributed by atoms with Crippen molar-refractivity contribution in [1.29, 1.82) is 0 Å². The van der Waals surface area contributed by atoms with E-state index >= 15 is 0 Å². The summed E-state index contributed by atoms with van der Waals surface area (Å²) in [7, 11) is 6.20. The highest BCUT2D eigenvalue weighted by molar-refractivity contribution is 4.40. The average molecular weight is 146 g/mol. The van der Waals surface area contributed by atoms with E-state index in [0.717, 1.165) is 24.1 Å². The molecule has 0 aromatic heterocycles. The predicted molar refractivity (Wildman–Crippen MR) is 38.3 cm³/mol. The Morgan fingerprint density at radius 3 is 1.90 bits per heavy atom. The summed E-state index contributed by atoms with van der Waals surface area (Å²) in [5.74, 6) is 0. The monoisotopic (exact) mass is 146 g/mol. The van der Waals surface area contributed by atoms with Gasteiger partial charge in [0.2, 0.25) is 0 Å². The molecule has 0 aromatic carbocycles. The van der Waals surface area contributed by atoms with Crippen LogP contribution in [-0.2, 0) is 9.47 Å². The zero-order valence-electron chi connectivity index (χ0n) is 6.96. The van der Waals surface area contributed by atoms with Crippen LogP contribution in [0.5, 0.6) is 0 Å². The van der Waals surface area contributed by atoms with Crippen LogP contribution < -0.4 is 0 Å². The van der Waals surface area contributed by atoms with Gasteiger partial charge < -0.3 is 9.47 Å². The van der Waals surface area contributed by atoms with Crippen LogP contribution in [0.2, 0.25) is 0 Å². The Morgan fingerprint density at radius 1 is 1.10 bits per heavy atom. The van der Waals surface area contributed by atoms with Gasteiger partial charge in [0.15, 0.2) is 0 Å². The minimum absolute atomic E-state index is 0.0613. The molecule has 3 nitrogen and oxygen atoms in total. The molecule has 0 N–H and O–H groups in total. The molecule has 0 amide bonds. The molecule has 0 atom stereocenters. The Morgan fingerprint density at radius 2 is 1.60 bits per heavy atom. The summed E-state index contributed by atoms with van der Waals surface area (Å²) in [5.41, 5.74) is 0. The summed E-state index contributed by atoms with van der Waals surface area (Å²) in [6.07, 6.45) is 0.963. The Bertz CT molecular complexity index is 103. The van der Waals surface area contributed by atoms with Gasteiger partial charge in [-0.15, -0.1) is 0 Å². The lowest BCUT2D eigenvalue weighted by Crippen LogP contribution is -2.50. The van der Waals surface area contributed by atoms with E-state index in [1.165, 1.54) is 0 Å². The van der Waals surface area contributed by atoms with Gasteiger partial charge in [-0.05, 0) is 6.42 Å². The van der Waals surface area contributed by atoms with Gasteiger partial charge in [-0.3, -0.25) is 4.48 Å². The van der Waals surface area contributed by atoms with E-state index in [1.54, 1.807) is 0 Å². The molecule has 60 valence electrons. The van der Waals surface area contributed by atoms with Gasteiger partial charge in [-0.25, -0.2) is 0 Å². The van der Waals surface area contributed by atoms with Crippen molar-refractivity contribution in [2.24, 2.45) is 0 Å². The number of quaternary nitrogens is 1. The summed E-state index contributed by atoms with van der Waals surface area (Å²) in [4.78, 5) is 0. The molecule has 1 fully saturated rings. The molecule has 0 spiro atoms. The highest BCUT2D eigenvalue weighted by Crippen LogP contribution is 2.11.